The van der Waals surface area contributed by atoms with Crippen LogP contribution in [0.15, 0.2) is 54.6 Å². The van der Waals surface area contributed by atoms with Crippen molar-refractivity contribution in [1.29, 1.82) is 0 Å². The first-order chi connectivity index (χ1) is 9.51. The second-order valence-corrected chi connectivity index (χ2v) is 5.53. The van der Waals surface area contributed by atoms with E-state index in [1.165, 1.54) is 6.07 Å². The molecule has 0 fully saturated rings. The highest BCUT2D eigenvalue weighted by atomic mass is 19.1. The number of hydrogen-bond donors (Lipinski definition) is 1. The minimum absolute atomic E-state index is 0.197. The molecule has 0 spiro atoms. The first-order valence-corrected chi connectivity index (χ1v) is 6.74. The summed E-state index contributed by atoms with van der Waals surface area (Å²) in [5.41, 5.74) is 7.69. The average Bonchev–Trinajstić information content (AvgIpc) is 2.42. The second-order valence-electron chi connectivity index (χ2n) is 5.53. The van der Waals surface area contributed by atoms with Gasteiger partial charge in [-0.15, -0.1) is 0 Å². The summed E-state index contributed by atoms with van der Waals surface area (Å²) in [6.45, 7) is 0.658. The average molecular weight is 272 g/mol. The molecule has 0 amide bonds. The van der Waals surface area contributed by atoms with Gasteiger partial charge in [-0.2, -0.15) is 0 Å². The molecule has 1 unspecified atom stereocenters. The fourth-order valence-electron chi connectivity index (χ4n) is 2.57. The second kappa shape index (κ2) is 6.16. The Morgan fingerprint density at radius 2 is 1.60 bits per heavy atom. The molecule has 0 aromatic heterocycles. The highest BCUT2D eigenvalue weighted by molar-refractivity contribution is 5.29. The molecule has 0 aliphatic carbocycles. The summed E-state index contributed by atoms with van der Waals surface area (Å²) < 4.78 is 13.9. The number of rotatable bonds is 5. The molecule has 20 heavy (non-hydrogen) atoms. The van der Waals surface area contributed by atoms with E-state index in [4.69, 9.17) is 5.73 Å². The zero-order valence-corrected chi connectivity index (χ0v) is 12.0. The van der Waals surface area contributed by atoms with Crippen LogP contribution in [0.4, 0.5) is 4.39 Å². The van der Waals surface area contributed by atoms with E-state index < -0.39 is 5.54 Å². The Kier molecular flexibility index (Phi) is 4.53. The van der Waals surface area contributed by atoms with Crippen molar-refractivity contribution in [2.45, 2.75) is 12.0 Å². The van der Waals surface area contributed by atoms with Crippen LogP contribution in [-0.2, 0) is 12.0 Å². The van der Waals surface area contributed by atoms with Crippen molar-refractivity contribution in [3.63, 3.8) is 0 Å². The molecule has 2 N–H and O–H groups in total. The van der Waals surface area contributed by atoms with Crippen LogP contribution in [0.2, 0.25) is 0 Å². The van der Waals surface area contributed by atoms with E-state index in [0.717, 1.165) is 5.56 Å². The smallest absolute Gasteiger partial charge is 0.126 e. The highest BCUT2D eigenvalue weighted by Gasteiger charge is 2.29. The lowest BCUT2D eigenvalue weighted by atomic mass is 9.84. The fraction of sp³-hybridized carbons (Fsp3) is 0.294. The summed E-state index contributed by atoms with van der Waals surface area (Å²) in [6, 6.07) is 16.7. The van der Waals surface area contributed by atoms with Gasteiger partial charge in [0.1, 0.15) is 5.82 Å². The van der Waals surface area contributed by atoms with Gasteiger partial charge in [-0.1, -0.05) is 48.5 Å². The molecule has 0 saturated carbocycles. The Balaban J connectivity index is 2.35. The molecule has 0 radical (unpaired) electrons. The third-order valence-corrected chi connectivity index (χ3v) is 3.41. The molecule has 2 rings (SSSR count). The summed E-state index contributed by atoms with van der Waals surface area (Å²) in [6.07, 6.45) is 0.474. The Labute approximate surface area is 120 Å². The first kappa shape index (κ1) is 14.7. The minimum Gasteiger partial charge on any atom is -0.320 e. The Morgan fingerprint density at radius 3 is 2.20 bits per heavy atom. The summed E-state index contributed by atoms with van der Waals surface area (Å²) >= 11 is 0. The fourth-order valence-corrected chi connectivity index (χ4v) is 2.57. The van der Waals surface area contributed by atoms with Crippen molar-refractivity contribution in [3.8, 4) is 0 Å². The molecule has 3 heteroatoms. The van der Waals surface area contributed by atoms with Crippen LogP contribution in [-0.4, -0.2) is 25.5 Å². The van der Waals surface area contributed by atoms with Gasteiger partial charge < -0.3 is 10.6 Å². The number of likely N-dealkylation sites (N-methyl/N-ethyl adjacent to an activating group) is 1. The summed E-state index contributed by atoms with van der Waals surface area (Å²) in [5.74, 6) is -0.197. The number of benzene rings is 2. The standard InChI is InChI=1S/C17H21FN2/c1-20(2)13-17(19,15-9-4-3-5-10-15)12-14-8-6-7-11-16(14)18/h3-11H,12-13,19H2,1-2H3. The van der Waals surface area contributed by atoms with Crippen LogP contribution in [0.3, 0.4) is 0 Å². The highest BCUT2D eigenvalue weighted by Crippen LogP contribution is 2.25. The molecule has 0 bridgehead atoms. The van der Waals surface area contributed by atoms with Gasteiger partial charge in [-0.05, 0) is 37.7 Å². The zero-order valence-electron chi connectivity index (χ0n) is 12.0. The van der Waals surface area contributed by atoms with E-state index in [-0.39, 0.29) is 5.82 Å². The number of hydrogen-bond acceptors (Lipinski definition) is 2. The van der Waals surface area contributed by atoms with Gasteiger partial charge in [0, 0.05) is 6.54 Å². The van der Waals surface area contributed by atoms with Crippen molar-refractivity contribution >= 4 is 0 Å². The Bertz CT molecular complexity index is 554. The largest absolute Gasteiger partial charge is 0.320 e. The van der Waals surface area contributed by atoms with Crippen LogP contribution in [0.1, 0.15) is 11.1 Å². The predicted octanol–water partition coefficient (Wildman–Crippen LogP) is 2.78. The van der Waals surface area contributed by atoms with E-state index in [2.05, 4.69) is 0 Å². The third kappa shape index (κ3) is 3.44. The molecule has 0 aliphatic rings. The van der Waals surface area contributed by atoms with Gasteiger partial charge >= 0.3 is 0 Å². The Hall–Kier alpha value is -1.71. The lowest BCUT2D eigenvalue weighted by Crippen LogP contribution is -2.47. The predicted molar refractivity (Wildman–Crippen MR) is 81.0 cm³/mol. The van der Waals surface area contributed by atoms with E-state index in [0.29, 0.717) is 18.5 Å². The van der Waals surface area contributed by atoms with Gasteiger partial charge in [0.2, 0.25) is 0 Å². The first-order valence-electron chi connectivity index (χ1n) is 6.74. The minimum atomic E-state index is -0.604. The lowest BCUT2D eigenvalue weighted by molar-refractivity contribution is 0.281. The molecule has 0 aliphatic heterocycles. The van der Waals surface area contributed by atoms with Crippen LogP contribution >= 0.6 is 0 Å². The molecule has 2 aromatic rings. The van der Waals surface area contributed by atoms with Crippen molar-refractivity contribution in [1.82, 2.24) is 4.90 Å². The van der Waals surface area contributed by atoms with Crippen molar-refractivity contribution < 1.29 is 4.39 Å². The lowest BCUT2D eigenvalue weighted by Gasteiger charge is -2.33. The molecule has 2 nitrogen and oxygen atoms in total. The Morgan fingerprint density at radius 1 is 1.00 bits per heavy atom. The van der Waals surface area contributed by atoms with Crippen LogP contribution in [0.25, 0.3) is 0 Å². The quantitative estimate of drug-likeness (QED) is 0.907. The molecule has 2 aromatic carbocycles. The molecule has 0 saturated heterocycles. The zero-order chi connectivity index (χ0) is 14.6. The van der Waals surface area contributed by atoms with Gasteiger partial charge in [0.25, 0.3) is 0 Å². The number of nitrogens with two attached hydrogens (primary N) is 1. The van der Waals surface area contributed by atoms with E-state index in [9.17, 15) is 4.39 Å². The maximum atomic E-state index is 13.9. The third-order valence-electron chi connectivity index (χ3n) is 3.41. The molecular formula is C17H21FN2. The van der Waals surface area contributed by atoms with Crippen LogP contribution < -0.4 is 5.73 Å². The maximum Gasteiger partial charge on any atom is 0.126 e. The summed E-state index contributed by atoms with van der Waals surface area (Å²) in [5, 5.41) is 0. The molecule has 106 valence electrons. The molecular weight excluding hydrogens is 251 g/mol. The monoisotopic (exact) mass is 272 g/mol. The van der Waals surface area contributed by atoms with Crippen molar-refractivity contribution in [2.75, 3.05) is 20.6 Å². The van der Waals surface area contributed by atoms with Gasteiger partial charge in [-0.25, -0.2) is 4.39 Å². The summed E-state index contributed by atoms with van der Waals surface area (Å²) in [7, 11) is 3.96. The SMILES string of the molecule is CN(C)CC(N)(Cc1ccccc1F)c1ccccc1. The summed E-state index contributed by atoms with van der Waals surface area (Å²) in [4.78, 5) is 2.04. The van der Waals surface area contributed by atoms with Crippen molar-refractivity contribution in [3.05, 3.63) is 71.5 Å². The topological polar surface area (TPSA) is 29.3 Å². The molecule has 0 heterocycles. The van der Waals surface area contributed by atoms with Crippen LogP contribution in [0, 0.1) is 5.82 Å². The normalized spacial score (nSPS) is 14.2. The van der Waals surface area contributed by atoms with Gasteiger partial charge in [-0.3, -0.25) is 0 Å². The maximum absolute atomic E-state index is 13.9. The number of nitrogens with zero attached hydrogens (tertiary/aromatic N) is 1. The van der Waals surface area contributed by atoms with E-state index >= 15 is 0 Å². The van der Waals surface area contributed by atoms with Gasteiger partial charge in [0.05, 0.1) is 5.54 Å². The molecule has 1 atom stereocenters. The number of halogens is 1. The van der Waals surface area contributed by atoms with E-state index in [1.807, 2.05) is 55.4 Å². The van der Waals surface area contributed by atoms with Gasteiger partial charge in [0.15, 0.2) is 0 Å². The van der Waals surface area contributed by atoms with Crippen molar-refractivity contribution in [2.24, 2.45) is 5.73 Å². The van der Waals surface area contributed by atoms with E-state index in [1.54, 1.807) is 12.1 Å². The van der Waals surface area contributed by atoms with Crippen LogP contribution in [0.5, 0.6) is 0 Å².